The SMILES string of the molecule is C[C@@H]1C(N)=[N+](C(=N)c2cccc(C#N)n2)CCN1C(=O)c1ccc(-c2cccs2)cc1. The molecule has 1 aromatic carbocycles. The predicted octanol–water partition coefficient (Wildman–Crippen LogP) is 2.92. The zero-order valence-corrected chi connectivity index (χ0v) is 17.8. The molecule has 0 fully saturated rings. The molecule has 1 atom stereocenters. The highest BCUT2D eigenvalue weighted by molar-refractivity contribution is 7.13. The Morgan fingerprint density at radius 1 is 1.26 bits per heavy atom. The van der Waals surface area contributed by atoms with Gasteiger partial charge in [0, 0.05) is 10.4 Å². The average molecular weight is 430 g/mol. The van der Waals surface area contributed by atoms with Gasteiger partial charge in [-0.25, -0.2) is 9.56 Å². The number of hydrogen-bond donors (Lipinski definition) is 2. The highest BCUT2D eigenvalue weighted by Crippen LogP contribution is 2.25. The summed E-state index contributed by atoms with van der Waals surface area (Å²) in [6.07, 6.45) is 0. The molecule has 3 heterocycles. The van der Waals surface area contributed by atoms with Crippen molar-refractivity contribution in [3.8, 4) is 16.5 Å². The summed E-state index contributed by atoms with van der Waals surface area (Å²) in [6.45, 7) is 2.66. The minimum atomic E-state index is -0.377. The van der Waals surface area contributed by atoms with E-state index in [1.807, 2.05) is 48.7 Å². The van der Waals surface area contributed by atoms with Crippen LogP contribution in [0.4, 0.5) is 0 Å². The smallest absolute Gasteiger partial charge is 0.280 e. The molecule has 0 saturated heterocycles. The molecule has 0 bridgehead atoms. The number of hydrogen-bond acceptors (Lipinski definition) is 6. The maximum absolute atomic E-state index is 13.1. The van der Waals surface area contributed by atoms with Crippen molar-refractivity contribution in [1.82, 2.24) is 9.88 Å². The Labute approximate surface area is 184 Å². The van der Waals surface area contributed by atoms with E-state index in [0.29, 0.717) is 30.2 Å². The van der Waals surface area contributed by atoms with Crippen LogP contribution < -0.4 is 5.73 Å². The van der Waals surface area contributed by atoms with Crippen molar-refractivity contribution in [3.63, 3.8) is 0 Å². The van der Waals surface area contributed by atoms with Crippen LogP contribution in [-0.4, -0.2) is 51.2 Å². The van der Waals surface area contributed by atoms with E-state index in [2.05, 4.69) is 11.1 Å². The van der Waals surface area contributed by atoms with E-state index >= 15 is 0 Å². The molecule has 7 nitrogen and oxygen atoms in total. The van der Waals surface area contributed by atoms with Crippen molar-refractivity contribution in [2.75, 3.05) is 13.1 Å². The fourth-order valence-corrected chi connectivity index (χ4v) is 4.32. The van der Waals surface area contributed by atoms with Crippen LogP contribution in [0.1, 0.15) is 28.7 Å². The standard InChI is InChI=1S/C23H20N6OS/c1-15-21(25)29(22(26)19-5-2-4-18(14-24)27-19)12-11-28(15)23(30)17-9-7-16(8-10-17)20-6-3-13-31-20/h2-10,13,15,25-26H,11-12H2,1H3/p+1/t15-/m1/s1. The lowest BCUT2D eigenvalue weighted by Crippen LogP contribution is -2.57. The van der Waals surface area contributed by atoms with Gasteiger partial charge in [-0.2, -0.15) is 10.7 Å². The topological polar surface area (TPSA) is 110 Å². The number of pyridine rings is 1. The number of rotatable bonds is 3. The van der Waals surface area contributed by atoms with Crippen molar-refractivity contribution in [1.29, 1.82) is 10.7 Å². The minimum absolute atomic E-state index is 0.0936. The van der Waals surface area contributed by atoms with Crippen molar-refractivity contribution < 1.29 is 9.37 Å². The van der Waals surface area contributed by atoms with Gasteiger partial charge in [-0.3, -0.25) is 4.79 Å². The zero-order chi connectivity index (χ0) is 22.0. The number of amides is 1. The minimum Gasteiger partial charge on any atom is -0.323 e. The molecule has 0 saturated carbocycles. The van der Waals surface area contributed by atoms with Gasteiger partial charge in [0.25, 0.3) is 11.7 Å². The molecule has 1 aliphatic heterocycles. The summed E-state index contributed by atoms with van der Waals surface area (Å²) in [7, 11) is 0. The quantitative estimate of drug-likeness (QED) is 0.379. The first-order chi connectivity index (χ1) is 15.0. The maximum atomic E-state index is 13.1. The molecule has 1 aliphatic rings. The first kappa shape index (κ1) is 20.4. The van der Waals surface area contributed by atoms with Gasteiger partial charge >= 0.3 is 0 Å². The van der Waals surface area contributed by atoms with Crippen molar-refractivity contribution >= 4 is 28.9 Å². The van der Waals surface area contributed by atoms with Gasteiger partial charge in [-0.1, -0.05) is 24.3 Å². The second-order valence-electron chi connectivity index (χ2n) is 7.17. The highest BCUT2D eigenvalue weighted by Gasteiger charge is 2.34. The van der Waals surface area contributed by atoms with E-state index < -0.39 is 0 Å². The number of amidine groups is 2. The second kappa shape index (κ2) is 8.50. The second-order valence-corrected chi connectivity index (χ2v) is 8.12. The Kier molecular flexibility index (Phi) is 5.60. The number of aromatic nitrogens is 1. The summed E-state index contributed by atoms with van der Waals surface area (Å²) in [6, 6.07) is 18.2. The molecular weight excluding hydrogens is 408 g/mol. The molecule has 1 amide bonds. The fraction of sp³-hybridized carbons (Fsp3) is 0.174. The predicted molar refractivity (Wildman–Crippen MR) is 120 cm³/mol. The number of nitriles is 1. The zero-order valence-electron chi connectivity index (χ0n) is 16.9. The average Bonchev–Trinajstić information content (AvgIpc) is 3.35. The number of benzene rings is 1. The van der Waals surface area contributed by atoms with Gasteiger partial charge in [0.2, 0.25) is 5.84 Å². The van der Waals surface area contributed by atoms with E-state index in [1.54, 1.807) is 39.0 Å². The van der Waals surface area contributed by atoms with E-state index in [-0.39, 0.29) is 23.5 Å². The fourth-order valence-electron chi connectivity index (χ4n) is 3.59. The number of nitrogens with one attached hydrogen (secondary N) is 1. The van der Waals surface area contributed by atoms with Crippen molar-refractivity contribution in [3.05, 3.63) is 76.9 Å². The highest BCUT2D eigenvalue weighted by atomic mass is 32.1. The Balaban J connectivity index is 1.54. The summed E-state index contributed by atoms with van der Waals surface area (Å²) in [5, 5.41) is 19.6. The van der Waals surface area contributed by atoms with Crippen LogP contribution in [0.15, 0.2) is 60.0 Å². The molecule has 8 heteroatoms. The van der Waals surface area contributed by atoms with Crippen LogP contribution in [0.2, 0.25) is 0 Å². The normalized spacial score (nSPS) is 16.1. The van der Waals surface area contributed by atoms with E-state index in [4.69, 9.17) is 16.4 Å². The molecule has 3 N–H and O–H groups in total. The van der Waals surface area contributed by atoms with Crippen molar-refractivity contribution in [2.24, 2.45) is 5.73 Å². The lowest BCUT2D eigenvalue weighted by atomic mass is 10.1. The number of nitrogens with two attached hydrogens (primary N) is 1. The Morgan fingerprint density at radius 2 is 2.03 bits per heavy atom. The summed E-state index contributed by atoms with van der Waals surface area (Å²) in [5.74, 6) is 0.432. The summed E-state index contributed by atoms with van der Waals surface area (Å²) < 4.78 is 1.65. The summed E-state index contributed by atoms with van der Waals surface area (Å²) in [4.78, 5) is 20.2. The number of nitrogens with zero attached hydrogens (tertiary/aromatic N) is 4. The van der Waals surface area contributed by atoms with Crippen LogP contribution in [0.3, 0.4) is 0 Å². The van der Waals surface area contributed by atoms with Gasteiger partial charge in [-0.15, -0.1) is 11.3 Å². The largest absolute Gasteiger partial charge is 0.323 e. The molecule has 4 rings (SSSR count). The summed E-state index contributed by atoms with van der Waals surface area (Å²) >= 11 is 1.66. The molecule has 0 spiro atoms. The molecule has 0 radical (unpaired) electrons. The molecular formula is C23H21N6OS+. The lowest BCUT2D eigenvalue weighted by Gasteiger charge is -2.33. The van der Waals surface area contributed by atoms with Crippen LogP contribution in [0, 0.1) is 16.7 Å². The molecule has 0 aliphatic carbocycles. The third-order valence-corrected chi connectivity index (χ3v) is 6.27. The van der Waals surface area contributed by atoms with Gasteiger partial charge in [0.15, 0.2) is 0 Å². The lowest BCUT2D eigenvalue weighted by molar-refractivity contribution is -0.420. The van der Waals surface area contributed by atoms with E-state index in [1.165, 1.54) is 0 Å². The first-order valence-corrected chi connectivity index (χ1v) is 10.7. The van der Waals surface area contributed by atoms with E-state index in [0.717, 1.165) is 10.4 Å². The number of carbonyl (C=O) groups excluding carboxylic acids is 1. The molecule has 0 unspecified atom stereocenters. The Bertz CT molecular complexity index is 1210. The Morgan fingerprint density at radius 3 is 2.71 bits per heavy atom. The van der Waals surface area contributed by atoms with Gasteiger partial charge < -0.3 is 10.6 Å². The van der Waals surface area contributed by atoms with Crippen LogP contribution >= 0.6 is 11.3 Å². The van der Waals surface area contributed by atoms with Crippen LogP contribution in [-0.2, 0) is 0 Å². The van der Waals surface area contributed by atoms with Gasteiger partial charge in [0.05, 0.1) is 13.1 Å². The molecule has 3 aromatic rings. The first-order valence-electron chi connectivity index (χ1n) is 9.80. The summed E-state index contributed by atoms with van der Waals surface area (Å²) in [5.41, 5.74) is 8.64. The number of carbonyl (C=O) groups is 1. The third kappa shape index (κ3) is 3.96. The van der Waals surface area contributed by atoms with Crippen molar-refractivity contribution in [2.45, 2.75) is 13.0 Å². The molecule has 154 valence electrons. The van der Waals surface area contributed by atoms with Crippen LogP contribution in [0.25, 0.3) is 10.4 Å². The van der Waals surface area contributed by atoms with E-state index in [9.17, 15) is 4.79 Å². The monoisotopic (exact) mass is 429 g/mol. The van der Waals surface area contributed by atoms with Gasteiger partial charge in [-0.05, 0) is 48.2 Å². The van der Waals surface area contributed by atoms with Crippen LogP contribution in [0.5, 0.6) is 0 Å². The molecule has 2 aromatic heterocycles. The maximum Gasteiger partial charge on any atom is 0.280 e. The molecule has 31 heavy (non-hydrogen) atoms. The number of thiophene rings is 1. The van der Waals surface area contributed by atoms with Gasteiger partial charge in [0.1, 0.15) is 23.5 Å². The third-order valence-electron chi connectivity index (χ3n) is 5.35. The Hall–Kier alpha value is -3.83.